The van der Waals surface area contributed by atoms with Gasteiger partial charge < -0.3 is 9.47 Å². The maximum atomic E-state index is 11.7. The minimum Gasteiger partial charge on any atom is -0.466 e. The average Bonchev–Trinajstić information content (AvgIpc) is 2.68. The molecule has 172 valence electrons. The Kier molecular flexibility index (Phi) is 19.5. The van der Waals surface area contributed by atoms with Crippen molar-refractivity contribution in [3.8, 4) is 0 Å². The fourth-order valence-corrected chi connectivity index (χ4v) is 3.16. The zero-order valence-corrected chi connectivity index (χ0v) is 19.8. The smallest absolute Gasteiger partial charge is 0.306 e. The molecule has 0 aromatic carbocycles. The summed E-state index contributed by atoms with van der Waals surface area (Å²) in [6.07, 6.45) is 18.0. The summed E-state index contributed by atoms with van der Waals surface area (Å²) in [6.45, 7) is 8.70. The topological polar surface area (TPSA) is 52.6 Å². The van der Waals surface area contributed by atoms with E-state index >= 15 is 0 Å². The Labute approximate surface area is 180 Å². The summed E-state index contributed by atoms with van der Waals surface area (Å²) in [7, 11) is 0. The first-order valence-corrected chi connectivity index (χ1v) is 12.3. The largest absolute Gasteiger partial charge is 0.466 e. The lowest BCUT2D eigenvalue weighted by Gasteiger charge is -2.16. The molecule has 4 nitrogen and oxygen atoms in total. The predicted octanol–water partition coefficient (Wildman–Crippen LogP) is 7.38. The lowest BCUT2D eigenvalue weighted by Crippen LogP contribution is -2.20. The molecule has 1 atom stereocenters. The molecule has 0 aliphatic carbocycles. The van der Waals surface area contributed by atoms with Crippen molar-refractivity contribution in [2.45, 2.75) is 137 Å². The van der Waals surface area contributed by atoms with Gasteiger partial charge in [0, 0.05) is 12.8 Å². The lowest BCUT2D eigenvalue weighted by atomic mass is 10.0. The molecule has 0 saturated heterocycles. The fourth-order valence-electron chi connectivity index (χ4n) is 3.16. The van der Waals surface area contributed by atoms with Gasteiger partial charge in [-0.15, -0.1) is 0 Å². The summed E-state index contributed by atoms with van der Waals surface area (Å²) in [4.78, 5) is 23.4. The van der Waals surface area contributed by atoms with Crippen LogP contribution in [-0.2, 0) is 19.1 Å². The van der Waals surface area contributed by atoms with Gasteiger partial charge in [-0.3, -0.25) is 9.59 Å². The number of esters is 2. The van der Waals surface area contributed by atoms with Crippen LogP contribution in [0.25, 0.3) is 0 Å². The van der Waals surface area contributed by atoms with Crippen molar-refractivity contribution in [1.82, 2.24) is 0 Å². The van der Waals surface area contributed by atoms with E-state index in [1.54, 1.807) is 0 Å². The number of hydrogen-bond acceptors (Lipinski definition) is 4. The quantitative estimate of drug-likeness (QED) is 0.155. The van der Waals surface area contributed by atoms with Gasteiger partial charge in [-0.25, -0.2) is 0 Å². The van der Waals surface area contributed by atoms with Crippen molar-refractivity contribution in [3.63, 3.8) is 0 Å². The molecule has 0 N–H and O–H groups in total. The van der Waals surface area contributed by atoms with E-state index < -0.39 is 0 Å². The van der Waals surface area contributed by atoms with Crippen LogP contribution in [0.4, 0.5) is 0 Å². The maximum absolute atomic E-state index is 11.7. The fraction of sp³-hybridized carbons (Fsp3) is 0.920. The highest BCUT2D eigenvalue weighted by atomic mass is 16.5. The molecule has 0 radical (unpaired) electrons. The normalized spacial score (nSPS) is 12.2. The number of carbonyl (C=O) groups is 2. The summed E-state index contributed by atoms with van der Waals surface area (Å²) >= 11 is 0. The summed E-state index contributed by atoms with van der Waals surface area (Å²) in [5.41, 5.74) is 0. The van der Waals surface area contributed by atoms with Gasteiger partial charge in [0.05, 0.1) is 6.61 Å². The minimum atomic E-state index is -0.226. The van der Waals surface area contributed by atoms with E-state index in [0.717, 1.165) is 12.8 Å². The van der Waals surface area contributed by atoms with Crippen molar-refractivity contribution in [2.24, 2.45) is 5.92 Å². The Hall–Kier alpha value is -1.06. The molecule has 0 aliphatic heterocycles. The molecular formula is C25H48O4. The molecule has 0 bridgehead atoms. The van der Waals surface area contributed by atoms with Crippen molar-refractivity contribution in [1.29, 1.82) is 0 Å². The molecule has 29 heavy (non-hydrogen) atoms. The highest BCUT2D eigenvalue weighted by Gasteiger charge is 2.13. The van der Waals surface area contributed by atoms with Crippen LogP contribution in [0.15, 0.2) is 0 Å². The molecular weight excluding hydrogens is 364 g/mol. The van der Waals surface area contributed by atoms with Crippen LogP contribution in [0, 0.1) is 5.92 Å². The third kappa shape index (κ3) is 20.0. The molecule has 0 spiro atoms. The SMILES string of the molecule is CCCCCCCCCCCCCCCOC(=O)CCCC(=O)OC(C)C(C)C. The van der Waals surface area contributed by atoms with Gasteiger partial charge in [0.1, 0.15) is 6.10 Å². The molecule has 0 heterocycles. The third-order valence-electron chi connectivity index (χ3n) is 5.53. The zero-order chi connectivity index (χ0) is 21.7. The van der Waals surface area contributed by atoms with E-state index in [9.17, 15) is 9.59 Å². The van der Waals surface area contributed by atoms with E-state index in [1.165, 1.54) is 70.6 Å². The predicted molar refractivity (Wildman–Crippen MR) is 121 cm³/mol. The Balaban J connectivity index is 3.32. The van der Waals surface area contributed by atoms with Crippen LogP contribution in [-0.4, -0.2) is 24.6 Å². The van der Waals surface area contributed by atoms with Crippen LogP contribution in [0.3, 0.4) is 0 Å². The molecule has 0 aliphatic rings. The van der Waals surface area contributed by atoms with Crippen LogP contribution < -0.4 is 0 Å². The van der Waals surface area contributed by atoms with Gasteiger partial charge in [0.15, 0.2) is 0 Å². The number of unbranched alkanes of at least 4 members (excludes halogenated alkanes) is 12. The summed E-state index contributed by atoms with van der Waals surface area (Å²) < 4.78 is 10.5. The Morgan fingerprint density at radius 2 is 1.07 bits per heavy atom. The molecule has 0 saturated carbocycles. The van der Waals surface area contributed by atoms with Crippen LogP contribution in [0.1, 0.15) is 130 Å². The number of hydrogen-bond donors (Lipinski definition) is 0. The van der Waals surface area contributed by atoms with E-state index in [1.807, 2.05) is 20.8 Å². The standard InChI is InChI=1S/C25H48O4/c1-5-6-7-8-9-10-11-12-13-14-15-16-17-21-28-24(26)19-18-20-25(27)29-23(4)22(2)3/h22-23H,5-21H2,1-4H3. The van der Waals surface area contributed by atoms with Gasteiger partial charge in [0.25, 0.3) is 0 Å². The second-order valence-corrected chi connectivity index (χ2v) is 8.76. The molecule has 0 rings (SSSR count). The van der Waals surface area contributed by atoms with Crippen molar-refractivity contribution >= 4 is 11.9 Å². The van der Waals surface area contributed by atoms with Gasteiger partial charge in [-0.05, 0) is 25.7 Å². The van der Waals surface area contributed by atoms with E-state index in [-0.39, 0.29) is 24.5 Å². The molecule has 0 amide bonds. The third-order valence-corrected chi connectivity index (χ3v) is 5.53. The van der Waals surface area contributed by atoms with Crippen LogP contribution >= 0.6 is 0 Å². The first-order valence-electron chi connectivity index (χ1n) is 12.3. The lowest BCUT2D eigenvalue weighted by molar-refractivity contribution is -0.150. The van der Waals surface area contributed by atoms with Crippen molar-refractivity contribution < 1.29 is 19.1 Å². The molecule has 1 unspecified atom stereocenters. The number of ether oxygens (including phenoxy) is 2. The average molecular weight is 413 g/mol. The van der Waals surface area contributed by atoms with E-state index in [0.29, 0.717) is 25.4 Å². The van der Waals surface area contributed by atoms with Gasteiger partial charge in [0.2, 0.25) is 0 Å². The highest BCUT2D eigenvalue weighted by Crippen LogP contribution is 2.13. The second-order valence-electron chi connectivity index (χ2n) is 8.76. The minimum absolute atomic E-state index is 0.0787. The Morgan fingerprint density at radius 1 is 0.621 bits per heavy atom. The Morgan fingerprint density at radius 3 is 1.55 bits per heavy atom. The van der Waals surface area contributed by atoms with Gasteiger partial charge >= 0.3 is 11.9 Å². The number of carbonyl (C=O) groups excluding carboxylic acids is 2. The second kappa shape index (κ2) is 20.2. The van der Waals surface area contributed by atoms with Gasteiger partial charge in [-0.2, -0.15) is 0 Å². The highest BCUT2D eigenvalue weighted by molar-refractivity contribution is 5.72. The molecule has 0 aromatic heterocycles. The first kappa shape index (κ1) is 27.9. The Bertz CT molecular complexity index is 392. The van der Waals surface area contributed by atoms with Crippen molar-refractivity contribution in [3.05, 3.63) is 0 Å². The van der Waals surface area contributed by atoms with Crippen LogP contribution in [0.2, 0.25) is 0 Å². The molecule has 0 aromatic rings. The molecule has 4 heteroatoms. The molecule has 0 fully saturated rings. The van der Waals surface area contributed by atoms with Gasteiger partial charge in [-0.1, -0.05) is 97.8 Å². The summed E-state index contributed by atoms with van der Waals surface area (Å²) in [5, 5.41) is 0. The monoisotopic (exact) mass is 412 g/mol. The van der Waals surface area contributed by atoms with E-state index in [2.05, 4.69) is 6.92 Å². The number of rotatable bonds is 20. The maximum Gasteiger partial charge on any atom is 0.306 e. The van der Waals surface area contributed by atoms with E-state index in [4.69, 9.17) is 9.47 Å². The van der Waals surface area contributed by atoms with Crippen molar-refractivity contribution in [2.75, 3.05) is 6.61 Å². The summed E-state index contributed by atoms with van der Waals surface area (Å²) in [5.74, 6) is -0.117. The van der Waals surface area contributed by atoms with Crippen LogP contribution in [0.5, 0.6) is 0 Å². The first-order chi connectivity index (χ1) is 14.0. The zero-order valence-electron chi connectivity index (χ0n) is 19.8. The summed E-state index contributed by atoms with van der Waals surface area (Å²) in [6, 6.07) is 0.